The van der Waals surface area contributed by atoms with Gasteiger partial charge in [-0.15, -0.1) is 11.3 Å². The van der Waals surface area contributed by atoms with Gasteiger partial charge in [0.25, 0.3) is 0 Å². The minimum atomic E-state index is 0.338. The Hall–Kier alpha value is -2.14. The minimum absolute atomic E-state index is 0.338. The highest BCUT2D eigenvalue weighted by Gasteiger charge is 2.17. The summed E-state index contributed by atoms with van der Waals surface area (Å²) in [6, 6.07) is 6.02. The van der Waals surface area contributed by atoms with Gasteiger partial charge in [-0.25, -0.2) is 4.98 Å². The topological polar surface area (TPSA) is 43.6 Å². The van der Waals surface area contributed by atoms with Gasteiger partial charge in [-0.3, -0.25) is 9.20 Å². The van der Waals surface area contributed by atoms with Crippen LogP contribution in [0.5, 0.6) is 5.75 Å². The van der Waals surface area contributed by atoms with E-state index in [0.717, 1.165) is 33.8 Å². The first kappa shape index (κ1) is 14.8. The van der Waals surface area contributed by atoms with Gasteiger partial charge >= 0.3 is 0 Å². The van der Waals surface area contributed by atoms with Crippen LogP contribution in [0.2, 0.25) is 0 Å². The highest BCUT2D eigenvalue weighted by atomic mass is 32.1. The van der Waals surface area contributed by atoms with E-state index in [9.17, 15) is 4.79 Å². The van der Waals surface area contributed by atoms with Crippen LogP contribution in [0.3, 0.4) is 0 Å². The number of hydrogen-bond acceptors (Lipinski definition) is 4. The number of aromatic nitrogens is 2. The molecule has 0 atom stereocenters. The van der Waals surface area contributed by atoms with E-state index in [-0.39, 0.29) is 0 Å². The van der Waals surface area contributed by atoms with E-state index in [2.05, 4.69) is 24.9 Å². The van der Waals surface area contributed by atoms with E-state index < -0.39 is 0 Å². The fourth-order valence-electron chi connectivity index (χ4n) is 2.56. The maximum absolute atomic E-state index is 11.5. The van der Waals surface area contributed by atoms with Crippen LogP contribution >= 0.6 is 11.3 Å². The summed E-state index contributed by atoms with van der Waals surface area (Å²) in [6.07, 6.45) is 2.74. The molecule has 2 aromatic heterocycles. The Kier molecular flexibility index (Phi) is 3.98. The minimum Gasteiger partial charge on any atom is -0.494 e. The molecule has 0 unspecified atom stereocenters. The third-order valence-electron chi connectivity index (χ3n) is 3.62. The number of fused-ring (bicyclic) bond motifs is 1. The number of rotatable bonds is 5. The van der Waals surface area contributed by atoms with Gasteiger partial charge in [0, 0.05) is 17.1 Å². The van der Waals surface area contributed by atoms with Gasteiger partial charge in [0.1, 0.15) is 17.1 Å². The zero-order valence-corrected chi connectivity index (χ0v) is 13.7. The summed E-state index contributed by atoms with van der Waals surface area (Å²) in [4.78, 5) is 16.9. The molecular formula is C17H18N2O2S. The molecule has 0 aliphatic heterocycles. The second-order valence-corrected chi connectivity index (χ2v) is 6.23. The lowest BCUT2D eigenvalue weighted by Gasteiger charge is -2.14. The molecule has 0 aliphatic carbocycles. The Bertz CT molecular complexity index is 817. The first-order valence-electron chi connectivity index (χ1n) is 7.33. The van der Waals surface area contributed by atoms with Crippen LogP contribution in [0.25, 0.3) is 16.2 Å². The molecule has 0 radical (unpaired) electrons. The number of nitrogens with zero attached hydrogens (tertiary/aromatic N) is 2. The van der Waals surface area contributed by atoms with Crippen LogP contribution in [0.15, 0.2) is 29.8 Å². The number of thiazole rings is 1. The lowest BCUT2D eigenvalue weighted by Crippen LogP contribution is -1.99. The number of ether oxygens (including phenoxy) is 1. The molecule has 1 aromatic carbocycles. The maximum Gasteiger partial charge on any atom is 0.194 e. The van der Waals surface area contributed by atoms with Crippen LogP contribution < -0.4 is 4.74 Å². The zero-order valence-electron chi connectivity index (χ0n) is 12.9. The number of carbonyl (C=O) groups excluding carboxylic acids is 1. The Labute approximate surface area is 133 Å². The first-order valence-corrected chi connectivity index (χ1v) is 8.21. The standard InChI is InChI=1S/C17H18N2O2S/c1-4-21-15-6-5-12(9-13(15)11(2)3)16-14(10-20)19-7-8-22-17(19)18-16/h5-11H,4H2,1-3H3. The predicted molar refractivity (Wildman–Crippen MR) is 89.2 cm³/mol. The highest BCUT2D eigenvalue weighted by Crippen LogP contribution is 2.33. The van der Waals surface area contributed by atoms with Crippen molar-refractivity contribution in [2.45, 2.75) is 26.7 Å². The zero-order chi connectivity index (χ0) is 15.7. The van der Waals surface area contributed by atoms with E-state index in [1.807, 2.05) is 35.0 Å². The van der Waals surface area contributed by atoms with Crippen LogP contribution in [-0.2, 0) is 0 Å². The molecule has 0 spiro atoms. The molecule has 0 N–H and O–H groups in total. The monoisotopic (exact) mass is 314 g/mol. The van der Waals surface area contributed by atoms with Crippen LogP contribution in [0, 0.1) is 0 Å². The van der Waals surface area contributed by atoms with Crippen molar-refractivity contribution in [2.24, 2.45) is 0 Å². The van der Waals surface area contributed by atoms with E-state index in [1.165, 1.54) is 11.3 Å². The third kappa shape index (κ3) is 2.41. The SMILES string of the molecule is CCOc1ccc(-c2nc3sccn3c2C=O)cc1C(C)C. The number of imidazole rings is 1. The molecule has 0 fully saturated rings. The molecule has 0 saturated heterocycles. The molecule has 22 heavy (non-hydrogen) atoms. The molecule has 3 rings (SSSR count). The molecule has 0 saturated carbocycles. The van der Waals surface area contributed by atoms with E-state index in [1.54, 1.807) is 0 Å². The normalized spacial score (nSPS) is 11.3. The Balaban J connectivity index is 2.15. The van der Waals surface area contributed by atoms with Gasteiger partial charge in [-0.05, 0) is 36.6 Å². The summed E-state index contributed by atoms with van der Waals surface area (Å²) >= 11 is 1.52. The summed E-state index contributed by atoms with van der Waals surface area (Å²) in [5, 5.41) is 1.93. The van der Waals surface area contributed by atoms with Gasteiger partial charge in [-0.1, -0.05) is 13.8 Å². The van der Waals surface area contributed by atoms with Crippen molar-refractivity contribution in [1.82, 2.24) is 9.38 Å². The lowest BCUT2D eigenvalue weighted by molar-refractivity contribution is 0.111. The lowest BCUT2D eigenvalue weighted by atomic mass is 9.98. The van der Waals surface area contributed by atoms with Crippen molar-refractivity contribution in [1.29, 1.82) is 0 Å². The summed E-state index contributed by atoms with van der Waals surface area (Å²) < 4.78 is 7.53. The van der Waals surface area contributed by atoms with Gasteiger partial charge in [0.2, 0.25) is 0 Å². The van der Waals surface area contributed by atoms with Crippen LogP contribution in [0.4, 0.5) is 0 Å². The molecule has 5 heteroatoms. The van der Waals surface area contributed by atoms with Crippen LogP contribution in [-0.4, -0.2) is 22.3 Å². The summed E-state index contributed by atoms with van der Waals surface area (Å²) in [5.74, 6) is 1.24. The molecule has 4 nitrogen and oxygen atoms in total. The second-order valence-electron chi connectivity index (χ2n) is 5.36. The first-order chi connectivity index (χ1) is 10.7. The molecule has 0 amide bonds. The van der Waals surface area contributed by atoms with Crippen molar-refractivity contribution in [2.75, 3.05) is 6.61 Å². The van der Waals surface area contributed by atoms with Gasteiger partial charge in [0.05, 0.1) is 6.61 Å². The molecule has 0 bridgehead atoms. The average molecular weight is 314 g/mol. The fraction of sp³-hybridized carbons (Fsp3) is 0.294. The van der Waals surface area contributed by atoms with Gasteiger partial charge < -0.3 is 4.74 Å². The van der Waals surface area contributed by atoms with E-state index >= 15 is 0 Å². The van der Waals surface area contributed by atoms with Crippen molar-refractivity contribution in [3.05, 3.63) is 41.0 Å². The average Bonchev–Trinajstić information content (AvgIpc) is 3.08. The third-order valence-corrected chi connectivity index (χ3v) is 4.37. The maximum atomic E-state index is 11.5. The smallest absolute Gasteiger partial charge is 0.194 e. The van der Waals surface area contributed by atoms with Crippen molar-refractivity contribution < 1.29 is 9.53 Å². The molecule has 2 heterocycles. The quantitative estimate of drug-likeness (QED) is 0.656. The molecular weight excluding hydrogens is 296 g/mol. The Morgan fingerprint density at radius 1 is 1.41 bits per heavy atom. The van der Waals surface area contributed by atoms with Crippen molar-refractivity contribution in [3.63, 3.8) is 0 Å². The molecule has 3 aromatic rings. The molecule has 114 valence electrons. The number of aldehydes is 1. The predicted octanol–water partition coefficient (Wildman–Crippen LogP) is 4.40. The largest absolute Gasteiger partial charge is 0.494 e. The van der Waals surface area contributed by atoms with Gasteiger partial charge in [0.15, 0.2) is 11.2 Å². The summed E-state index contributed by atoms with van der Waals surface area (Å²) in [5.41, 5.74) is 3.40. The van der Waals surface area contributed by atoms with E-state index in [0.29, 0.717) is 18.2 Å². The number of hydrogen-bond donors (Lipinski definition) is 0. The van der Waals surface area contributed by atoms with Crippen molar-refractivity contribution in [3.8, 4) is 17.0 Å². The molecule has 0 aliphatic rings. The summed E-state index contributed by atoms with van der Waals surface area (Å²) in [6.45, 7) is 6.88. The Morgan fingerprint density at radius 2 is 2.23 bits per heavy atom. The van der Waals surface area contributed by atoms with Crippen molar-refractivity contribution >= 4 is 22.6 Å². The Morgan fingerprint density at radius 3 is 2.91 bits per heavy atom. The second kappa shape index (κ2) is 5.93. The summed E-state index contributed by atoms with van der Waals surface area (Å²) in [7, 11) is 0. The highest BCUT2D eigenvalue weighted by molar-refractivity contribution is 7.15. The fourth-order valence-corrected chi connectivity index (χ4v) is 3.28. The van der Waals surface area contributed by atoms with E-state index in [4.69, 9.17) is 4.74 Å². The number of benzene rings is 1. The number of carbonyl (C=O) groups is 1. The van der Waals surface area contributed by atoms with Gasteiger partial charge in [-0.2, -0.15) is 0 Å². The van der Waals surface area contributed by atoms with Crippen LogP contribution in [0.1, 0.15) is 42.7 Å².